The molecule has 0 saturated heterocycles. The van der Waals surface area contributed by atoms with Crippen LogP contribution in [0.3, 0.4) is 0 Å². The lowest BCUT2D eigenvalue weighted by molar-refractivity contribution is 0.0696. The topological polar surface area (TPSA) is 63.6 Å². The van der Waals surface area contributed by atoms with Gasteiger partial charge in [0.15, 0.2) is 0 Å². The van der Waals surface area contributed by atoms with Gasteiger partial charge in [0.1, 0.15) is 12.9 Å². The zero-order valence-electron chi connectivity index (χ0n) is 17.3. The molecule has 0 atom stereocenters. The van der Waals surface area contributed by atoms with Gasteiger partial charge in [0.25, 0.3) is 0 Å². The number of carboxylic acids is 1. The Hall–Kier alpha value is -3.10. The Morgan fingerprint density at radius 2 is 1.50 bits per heavy atom. The molecule has 0 spiro atoms. The van der Waals surface area contributed by atoms with E-state index in [9.17, 15) is 14.5 Å². The fourth-order valence-electron chi connectivity index (χ4n) is 3.48. The summed E-state index contributed by atoms with van der Waals surface area (Å²) in [6, 6.07) is 22.2. The Bertz CT molecular complexity index is 1080. The minimum absolute atomic E-state index is 0.205. The predicted molar refractivity (Wildman–Crippen MR) is 123 cm³/mol. The van der Waals surface area contributed by atoms with Crippen molar-refractivity contribution in [1.82, 2.24) is 0 Å². The van der Waals surface area contributed by atoms with Gasteiger partial charge in [-0.3, -0.25) is 0 Å². The highest BCUT2D eigenvalue weighted by Crippen LogP contribution is 2.44. The van der Waals surface area contributed by atoms with Crippen LogP contribution in [0.5, 0.6) is 5.75 Å². The van der Waals surface area contributed by atoms with Gasteiger partial charge in [0, 0.05) is 16.8 Å². The van der Waals surface area contributed by atoms with Crippen molar-refractivity contribution in [3.8, 4) is 5.75 Å². The molecular weight excluding hydrogens is 395 g/mol. The Morgan fingerprint density at radius 3 is 1.97 bits per heavy atom. The number of aryl methyl sites for hydroxylation is 1. The first-order chi connectivity index (χ1) is 14.4. The van der Waals surface area contributed by atoms with Crippen LogP contribution >= 0.6 is 7.14 Å². The maximum atomic E-state index is 14.2. The molecule has 0 heterocycles. The summed E-state index contributed by atoms with van der Waals surface area (Å²) in [4.78, 5) is 11.8. The molecule has 0 amide bonds. The van der Waals surface area contributed by atoms with E-state index in [0.717, 1.165) is 21.7 Å². The zero-order valence-corrected chi connectivity index (χ0v) is 18.2. The van der Waals surface area contributed by atoms with Crippen molar-refractivity contribution in [1.29, 1.82) is 0 Å². The molecule has 4 nitrogen and oxygen atoms in total. The number of rotatable bonds is 7. The van der Waals surface area contributed by atoms with Crippen molar-refractivity contribution in [2.75, 3.05) is 13.3 Å². The van der Waals surface area contributed by atoms with Gasteiger partial charge < -0.3 is 14.4 Å². The summed E-state index contributed by atoms with van der Waals surface area (Å²) < 4.78 is 19.5. The molecule has 0 aliphatic heterocycles. The quantitative estimate of drug-likeness (QED) is 0.539. The Morgan fingerprint density at radius 1 is 0.967 bits per heavy atom. The molecule has 5 heteroatoms. The summed E-state index contributed by atoms with van der Waals surface area (Å²) in [5, 5.41) is 11.2. The summed E-state index contributed by atoms with van der Waals surface area (Å²) >= 11 is 0. The van der Waals surface area contributed by atoms with Gasteiger partial charge >= 0.3 is 5.97 Å². The molecule has 3 aromatic carbocycles. The Kier molecular flexibility index (Phi) is 6.59. The second kappa shape index (κ2) is 9.15. The van der Waals surface area contributed by atoms with E-state index in [1.54, 1.807) is 19.2 Å². The number of ether oxygens (including phenoxy) is 1. The van der Waals surface area contributed by atoms with E-state index < -0.39 is 13.1 Å². The number of methoxy groups -OCH3 is 1. The van der Waals surface area contributed by atoms with Crippen molar-refractivity contribution >= 4 is 29.3 Å². The van der Waals surface area contributed by atoms with E-state index >= 15 is 0 Å². The van der Waals surface area contributed by atoms with Crippen molar-refractivity contribution in [3.05, 3.63) is 95.6 Å². The normalized spacial score (nSPS) is 11.9. The average molecular weight is 420 g/mol. The molecule has 3 rings (SSSR count). The molecule has 0 unspecified atom stereocenters. The minimum Gasteiger partial charge on any atom is -0.496 e. The summed E-state index contributed by atoms with van der Waals surface area (Å²) in [6.45, 7) is 3.66. The molecular formula is C25H25O4P. The number of hydrogen-bond acceptors (Lipinski definition) is 3. The van der Waals surface area contributed by atoms with Crippen molar-refractivity contribution in [2.24, 2.45) is 0 Å². The molecule has 0 fully saturated rings. The summed E-state index contributed by atoms with van der Waals surface area (Å²) in [6.07, 6.45) is 2.17. The summed E-state index contributed by atoms with van der Waals surface area (Å²) in [7, 11) is -1.36. The highest BCUT2D eigenvalue weighted by Gasteiger charge is 2.26. The molecule has 1 N–H and O–H groups in total. The Labute approximate surface area is 177 Å². The third-order valence-corrected chi connectivity index (χ3v) is 8.15. The fourth-order valence-corrected chi connectivity index (χ4v) is 6.04. The van der Waals surface area contributed by atoms with Crippen LogP contribution in [-0.4, -0.2) is 24.3 Å². The third kappa shape index (κ3) is 4.39. The average Bonchev–Trinajstić information content (AvgIpc) is 2.78. The molecule has 0 radical (unpaired) electrons. The van der Waals surface area contributed by atoms with Gasteiger partial charge in [0.05, 0.1) is 12.7 Å². The monoisotopic (exact) mass is 420 g/mol. The molecule has 0 aliphatic rings. The minimum atomic E-state index is -2.92. The van der Waals surface area contributed by atoms with Crippen LogP contribution in [0.4, 0.5) is 0 Å². The second-order valence-corrected chi connectivity index (χ2v) is 10.0. The maximum absolute atomic E-state index is 14.2. The van der Waals surface area contributed by atoms with Crippen LogP contribution in [0, 0.1) is 6.92 Å². The summed E-state index contributed by atoms with van der Waals surface area (Å²) in [5.41, 5.74) is 2.28. The van der Waals surface area contributed by atoms with Crippen molar-refractivity contribution in [2.45, 2.75) is 13.8 Å². The van der Waals surface area contributed by atoms with E-state index in [1.807, 2.05) is 80.6 Å². The van der Waals surface area contributed by atoms with E-state index in [1.165, 1.54) is 0 Å². The van der Waals surface area contributed by atoms with E-state index in [2.05, 4.69) is 0 Å². The number of allylic oxidation sites excluding steroid dienone is 2. The van der Waals surface area contributed by atoms with Gasteiger partial charge in [-0.05, 0) is 42.7 Å². The first kappa shape index (κ1) is 21.6. The smallest absolute Gasteiger partial charge is 0.336 e. The second-order valence-electron chi connectivity index (χ2n) is 7.15. The van der Waals surface area contributed by atoms with Gasteiger partial charge in [-0.15, -0.1) is 0 Å². The molecule has 3 aromatic rings. The fraction of sp³-hybridized carbons (Fsp3) is 0.160. The number of hydrogen-bond donors (Lipinski definition) is 1. The number of aromatic carboxylic acids is 1. The largest absolute Gasteiger partial charge is 0.496 e. The predicted octanol–water partition coefficient (Wildman–Crippen LogP) is 5.12. The highest BCUT2D eigenvalue weighted by molar-refractivity contribution is 7.78. The van der Waals surface area contributed by atoms with Crippen LogP contribution < -0.4 is 15.3 Å². The van der Waals surface area contributed by atoms with Crippen LogP contribution in [0.1, 0.15) is 28.4 Å². The van der Waals surface area contributed by atoms with Crippen LogP contribution in [0.15, 0.2) is 78.9 Å². The molecule has 0 aromatic heterocycles. The molecule has 154 valence electrons. The van der Waals surface area contributed by atoms with Crippen LogP contribution in [0.25, 0.3) is 5.57 Å². The lowest BCUT2D eigenvalue weighted by atomic mass is 9.98. The van der Waals surface area contributed by atoms with Crippen molar-refractivity contribution < 1.29 is 19.2 Å². The first-order valence-electron chi connectivity index (χ1n) is 9.66. The zero-order chi connectivity index (χ0) is 21.7. The highest BCUT2D eigenvalue weighted by atomic mass is 31.2. The number of carbonyl (C=O) groups is 1. The maximum Gasteiger partial charge on any atom is 0.336 e. The number of carboxylic acid groups (broad SMARTS) is 1. The lowest BCUT2D eigenvalue weighted by Gasteiger charge is -2.19. The lowest BCUT2D eigenvalue weighted by Crippen LogP contribution is -2.17. The van der Waals surface area contributed by atoms with E-state index in [-0.39, 0.29) is 5.56 Å². The van der Waals surface area contributed by atoms with Crippen LogP contribution in [0.2, 0.25) is 0 Å². The number of benzene rings is 3. The van der Waals surface area contributed by atoms with E-state index in [4.69, 9.17) is 4.74 Å². The van der Waals surface area contributed by atoms with Crippen molar-refractivity contribution in [3.63, 3.8) is 0 Å². The van der Waals surface area contributed by atoms with Gasteiger partial charge in [-0.25, -0.2) is 4.79 Å². The van der Waals surface area contributed by atoms with Gasteiger partial charge in [-0.1, -0.05) is 66.7 Å². The molecule has 0 bridgehead atoms. The molecule has 0 saturated carbocycles. The third-order valence-electron chi connectivity index (χ3n) is 5.19. The standard InChI is InChI=1S/C25H25O4P/c1-18(22-17-24(29-3)19(2)16-23(22)25(26)27)14-15-30(28,20-10-6-4-7-11-20)21-12-8-5-9-13-21/h4-14,16-17H,15H2,1-3H3,(H,26,27)/b18-14+. The Balaban J connectivity index is 2.08. The van der Waals surface area contributed by atoms with E-state index in [0.29, 0.717) is 17.5 Å². The molecule has 30 heavy (non-hydrogen) atoms. The van der Waals surface area contributed by atoms with Crippen LogP contribution in [-0.2, 0) is 4.57 Å². The van der Waals surface area contributed by atoms with Gasteiger partial charge in [0.2, 0.25) is 0 Å². The first-order valence-corrected chi connectivity index (χ1v) is 11.6. The molecule has 0 aliphatic carbocycles. The van der Waals surface area contributed by atoms with Gasteiger partial charge in [-0.2, -0.15) is 0 Å². The summed E-state index contributed by atoms with van der Waals surface area (Å²) in [5.74, 6) is -0.380. The SMILES string of the molecule is COc1cc(/C(C)=C/CP(=O)(c2ccccc2)c2ccccc2)c(C(=O)O)cc1C.